The highest BCUT2D eigenvalue weighted by Gasteiger charge is 2.39. The summed E-state index contributed by atoms with van der Waals surface area (Å²) in [5.41, 5.74) is 2.68. The molecule has 1 atom stereocenters. The molecule has 2 aromatic carbocycles. The van der Waals surface area contributed by atoms with Crippen molar-refractivity contribution in [3.8, 4) is 17.2 Å². The highest BCUT2D eigenvalue weighted by Crippen LogP contribution is 2.39. The van der Waals surface area contributed by atoms with E-state index >= 15 is 0 Å². The smallest absolute Gasteiger partial charge is 0.262 e. The van der Waals surface area contributed by atoms with Gasteiger partial charge in [0.05, 0.1) is 38.3 Å². The van der Waals surface area contributed by atoms with E-state index in [0.717, 1.165) is 17.1 Å². The number of nitrogens with one attached hydrogen (secondary N) is 1. The van der Waals surface area contributed by atoms with Crippen molar-refractivity contribution >= 4 is 17.3 Å². The van der Waals surface area contributed by atoms with Crippen molar-refractivity contribution in [2.75, 3.05) is 31.5 Å². The number of fused-ring (bicyclic) bond motifs is 1. The molecule has 0 saturated carbocycles. The number of rotatable bonds is 6. The molecular formula is C22H21N3O4. The number of ether oxygens (including phenoxy) is 3. The quantitative estimate of drug-likeness (QED) is 0.688. The van der Waals surface area contributed by atoms with Crippen LogP contribution in [0, 0.1) is 0 Å². The first-order valence-electron chi connectivity index (χ1n) is 9.07. The van der Waals surface area contributed by atoms with E-state index in [1.165, 1.54) is 0 Å². The van der Waals surface area contributed by atoms with Crippen LogP contribution in [0.4, 0.5) is 11.4 Å². The molecule has 0 bridgehead atoms. The number of methoxy groups -OCH3 is 3. The molecule has 7 heteroatoms. The third kappa shape index (κ3) is 3.31. The fourth-order valence-corrected chi connectivity index (χ4v) is 3.39. The van der Waals surface area contributed by atoms with Gasteiger partial charge in [0, 0.05) is 18.0 Å². The van der Waals surface area contributed by atoms with E-state index in [2.05, 4.69) is 10.3 Å². The number of carbonyl (C=O) groups excluding carboxylic acids is 1. The van der Waals surface area contributed by atoms with Gasteiger partial charge in [-0.3, -0.25) is 14.7 Å². The van der Waals surface area contributed by atoms with Crippen LogP contribution < -0.4 is 24.4 Å². The van der Waals surface area contributed by atoms with E-state index in [9.17, 15) is 4.79 Å². The predicted molar refractivity (Wildman–Crippen MR) is 110 cm³/mol. The maximum Gasteiger partial charge on any atom is 0.262 e. The Morgan fingerprint density at radius 2 is 1.66 bits per heavy atom. The zero-order valence-electron chi connectivity index (χ0n) is 16.4. The van der Waals surface area contributed by atoms with Crippen molar-refractivity contribution in [1.29, 1.82) is 0 Å². The van der Waals surface area contributed by atoms with Crippen LogP contribution in [-0.4, -0.2) is 32.2 Å². The van der Waals surface area contributed by atoms with Crippen LogP contribution >= 0.6 is 0 Å². The first-order chi connectivity index (χ1) is 14.2. The van der Waals surface area contributed by atoms with Crippen molar-refractivity contribution in [2.24, 2.45) is 0 Å². The lowest BCUT2D eigenvalue weighted by molar-refractivity contribution is 0.0993. The van der Waals surface area contributed by atoms with Crippen molar-refractivity contribution in [1.82, 2.24) is 4.98 Å². The molecule has 1 aliphatic rings. The summed E-state index contributed by atoms with van der Waals surface area (Å²) < 4.78 is 16.0. The number of hydrogen-bond acceptors (Lipinski definition) is 6. The Hall–Kier alpha value is -3.74. The number of benzene rings is 2. The van der Waals surface area contributed by atoms with Gasteiger partial charge < -0.3 is 19.5 Å². The van der Waals surface area contributed by atoms with Gasteiger partial charge in [-0.05, 0) is 48.5 Å². The molecule has 148 valence electrons. The minimum Gasteiger partial charge on any atom is -0.497 e. The van der Waals surface area contributed by atoms with E-state index in [4.69, 9.17) is 14.2 Å². The minimum atomic E-state index is -0.491. The second kappa shape index (κ2) is 7.71. The zero-order valence-corrected chi connectivity index (χ0v) is 16.4. The van der Waals surface area contributed by atoms with E-state index in [1.54, 1.807) is 50.6 Å². The van der Waals surface area contributed by atoms with Crippen LogP contribution in [0.25, 0.3) is 0 Å². The molecular weight excluding hydrogens is 370 g/mol. The summed E-state index contributed by atoms with van der Waals surface area (Å²) in [6.07, 6.45) is 1.19. The Balaban J connectivity index is 1.76. The normalized spacial score (nSPS) is 15.1. The van der Waals surface area contributed by atoms with Crippen LogP contribution in [-0.2, 0) is 0 Å². The number of pyridine rings is 1. The summed E-state index contributed by atoms with van der Waals surface area (Å²) in [5.74, 6) is 1.89. The molecule has 1 amide bonds. The minimum absolute atomic E-state index is 0.122. The van der Waals surface area contributed by atoms with Gasteiger partial charge in [0.2, 0.25) is 0 Å². The molecule has 0 aliphatic carbocycles. The van der Waals surface area contributed by atoms with Crippen LogP contribution in [0.15, 0.2) is 60.8 Å². The fourth-order valence-electron chi connectivity index (χ4n) is 3.39. The summed E-state index contributed by atoms with van der Waals surface area (Å²) in [4.78, 5) is 19.3. The highest BCUT2D eigenvalue weighted by atomic mass is 16.5. The van der Waals surface area contributed by atoms with Gasteiger partial charge >= 0.3 is 0 Å². The lowest BCUT2D eigenvalue weighted by atomic mass is 10.2. The van der Waals surface area contributed by atoms with Crippen LogP contribution in [0.3, 0.4) is 0 Å². The predicted octanol–water partition coefficient (Wildman–Crippen LogP) is 3.88. The molecule has 1 aromatic heterocycles. The first-order valence-corrected chi connectivity index (χ1v) is 9.07. The molecule has 2 heterocycles. The third-order valence-corrected chi connectivity index (χ3v) is 4.86. The Labute approximate surface area is 168 Å². The largest absolute Gasteiger partial charge is 0.497 e. The SMILES string of the molecule is COc1ccc(N2C(=O)c3cccnc3[C@H]2Nc2ccc(OC)cc2OC)cc1. The monoisotopic (exact) mass is 391 g/mol. The average Bonchev–Trinajstić information content (AvgIpc) is 3.06. The van der Waals surface area contributed by atoms with Crippen molar-refractivity contribution in [3.63, 3.8) is 0 Å². The van der Waals surface area contributed by atoms with Crippen molar-refractivity contribution in [2.45, 2.75) is 6.17 Å². The molecule has 7 nitrogen and oxygen atoms in total. The molecule has 1 aliphatic heterocycles. The summed E-state index contributed by atoms with van der Waals surface area (Å²) >= 11 is 0. The second-order valence-corrected chi connectivity index (χ2v) is 6.42. The number of nitrogens with zero attached hydrogens (tertiary/aromatic N) is 2. The van der Waals surface area contributed by atoms with Gasteiger partial charge in [0.25, 0.3) is 5.91 Å². The zero-order chi connectivity index (χ0) is 20.4. The van der Waals surface area contributed by atoms with Crippen LogP contribution in [0.5, 0.6) is 17.2 Å². The maximum atomic E-state index is 13.2. The van der Waals surface area contributed by atoms with Gasteiger partial charge in [0.15, 0.2) is 6.17 Å². The van der Waals surface area contributed by atoms with E-state index in [-0.39, 0.29) is 5.91 Å². The lowest BCUT2D eigenvalue weighted by Crippen LogP contribution is -2.32. The Bertz CT molecular complexity index is 1040. The molecule has 4 rings (SSSR count). The molecule has 0 saturated heterocycles. The molecule has 0 spiro atoms. The first kappa shape index (κ1) is 18.6. The number of anilines is 2. The fraction of sp³-hybridized carbons (Fsp3) is 0.182. The second-order valence-electron chi connectivity index (χ2n) is 6.42. The lowest BCUT2D eigenvalue weighted by Gasteiger charge is -2.27. The Morgan fingerprint density at radius 3 is 2.34 bits per heavy atom. The molecule has 0 fully saturated rings. The molecule has 0 unspecified atom stereocenters. The number of carbonyl (C=O) groups is 1. The van der Waals surface area contributed by atoms with Crippen LogP contribution in [0.1, 0.15) is 22.2 Å². The van der Waals surface area contributed by atoms with Gasteiger partial charge in [-0.25, -0.2) is 0 Å². The maximum absolute atomic E-state index is 13.2. The summed E-state index contributed by atoms with van der Waals surface area (Å²) in [5, 5.41) is 3.41. The van der Waals surface area contributed by atoms with E-state index in [0.29, 0.717) is 22.8 Å². The van der Waals surface area contributed by atoms with E-state index < -0.39 is 6.17 Å². The van der Waals surface area contributed by atoms with Gasteiger partial charge in [-0.2, -0.15) is 0 Å². The number of aromatic nitrogens is 1. The van der Waals surface area contributed by atoms with E-state index in [1.807, 2.05) is 36.4 Å². The standard InChI is InChI=1S/C22H21N3O4/c1-27-15-8-6-14(7-9-15)25-21(20-17(22(25)26)5-4-12-23-20)24-18-11-10-16(28-2)13-19(18)29-3/h4-13,21,24H,1-3H3/t21-/m0/s1. The molecule has 29 heavy (non-hydrogen) atoms. The number of hydrogen-bond donors (Lipinski definition) is 1. The van der Waals surface area contributed by atoms with Crippen LogP contribution in [0.2, 0.25) is 0 Å². The molecule has 3 aromatic rings. The Kier molecular flexibility index (Phi) is 4.95. The summed E-state index contributed by atoms with van der Waals surface area (Å²) in [7, 11) is 4.80. The molecule has 1 N–H and O–H groups in total. The Morgan fingerprint density at radius 1 is 0.931 bits per heavy atom. The summed E-state index contributed by atoms with van der Waals surface area (Å²) in [6, 6.07) is 16.4. The topological polar surface area (TPSA) is 72.9 Å². The number of amides is 1. The highest BCUT2D eigenvalue weighted by molar-refractivity contribution is 6.11. The van der Waals surface area contributed by atoms with Gasteiger partial charge in [0.1, 0.15) is 17.2 Å². The van der Waals surface area contributed by atoms with Gasteiger partial charge in [-0.15, -0.1) is 0 Å². The average molecular weight is 391 g/mol. The third-order valence-electron chi connectivity index (χ3n) is 4.86. The van der Waals surface area contributed by atoms with Crippen molar-refractivity contribution < 1.29 is 19.0 Å². The van der Waals surface area contributed by atoms with Gasteiger partial charge in [-0.1, -0.05) is 0 Å². The van der Waals surface area contributed by atoms with Crippen molar-refractivity contribution in [3.05, 3.63) is 72.1 Å². The summed E-state index contributed by atoms with van der Waals surface area (Å²) in [6.45, 7) is 0. The molecule has 0 radical (unpaired) electrons.